The Labute approximate surface area is 154 Å². The van der Waals surface area contributed by atoms with E-state index in [9.17, 15) is 19.5 Å². The molecule has 7 heteroatoms. The number of benzene rings is 2. The average Bonchev–Trinajstić information content (AvgIpc) is 2.96. The van der Waals surface area contributed by atoms with Crippen LogP contribution in [0, 0.1) is 12.3 Å². The molecule has 0 aliphatic carbocycles. The molecule has 0 radical (unpaired) electrons. The van der Waals surface area contributed by atoms with Gasteiger partial charge in [-0.15, -0.1) is 6.42 Å². The highest BCUT2D eigenvalue weighted by atomic mass is 16.4. The lowest BCUT2D eigenvalue weighted by molar-refractivity contribution is -0.144. The number of oxazole rings is 1. The lowest BCUT2D eigenvalue weighted by Crippen LogP contribution is -2.53. The Morgan fingerprint density at radius 2 is 1.89 bits per heavy atom. The van der Waals surface area contributed by atoms with Crippen molar-refractivity contribution < 1.29 is 19.1 Å². The molecule has 1 N–H and O–H groups in total. The van der Waals surface area contributed by atoms with Crippen molar-refractivity contribution in [2.75, 3.05) is 4.90 Å². The SMILES string of the molecule is C#CC(=O)N(c1ccc2oc(=O)n(C)c2c1)C(C)(C(=O)O)c1ccccc1. The monoisotopic (exact) mass is 364 g/mol. The molecule has 0 aliphatic rings. The van der Waals surface area contributed by atoms with Gasteiger partial charge in [0.15, 0.2) is 11.1 Å². The van der Waals surface area contributed by atoms with Gasteiger partial charge < -0.3 is 9.52 Å². The van der Waals surface area contributed by atoms with Crippen LogP contribution in [-0.2, 0) is 22.2 Å². The van der Waals surface area contributed by atoms with E-state index < -0.39 is 23.2 Å². The van der Waals surface area contributed by atoms with Crippen molar-refractivity contribution in [2.24, 2.45) is 7.05 Å². The van der Waals surface area contributed by atoms with Gasteiger partial charge in [0.05, 0.1) is 5.52 Å². The zero-order chi connectivity index (χ0) is 19.8. The zero-order valence-corrected chi connectivity index (χ0v) is 14.7. The van der Waals surface area contributed by atoms with E-state index in [1.165, 1.54) is 36.7 Å². The number of fused-ring (bicyclic) bond motifs is 1. The van der Waals surface area contributed by atoms with Crippen molar-refractivity contribution in [3.63, 3.8) is 0 Å². The van der Waals surface area contributed by atoms with E-state index in [1.54, 1.807) is 30.3 Å². The minimum Gasteiger partial charge on any atom is -0.479 e. The zero-order valence-electron chi connectivity index (χ0n) is 14.7. The molecule has 0 saturated carbocycles. The predicted octanol–water partition coefficient (Wildman–Crippen LogP) is 2.10. The number of anilines is 1. The second kappa shape index (κ2) is 6.50. The van der Waals surface area contributed by atoms with Gasteiger partial charge >= 0.3 is 17.6 Å². The molecule has 1 amide bonds. The molecule has 1 unspecified atom stereocenters. The number of carbonyl (C=O) groups is 2. The number of aryl methyl sites for hydroxylation is 1. The molecule has 0 bridgehead atoms. The number of hydrogen-bond donors (Lipinski definition) is 1. The van der Waals surface area contributed by atoms with Gasteiger partial charge in [0.2, 0.25) is 0 Å². The van der Waals surface area contributed by atoms with Crippen LogP contribution in [0.3, 0.4) is 0 Å². The smallest absolute Gasteiger partial charge is 0.419 e. The molecule has 3 aromatic rings. The first kappa shape index (κ1) is 18.0. The lowest BCUT2D eigenvalue weighted by atomic mass is 9.89. The van der Waals surface area contributed by atoms with Crippen molar-refractivity contribution in [2.45, 2.75) is 12.5 Å². The van der Waals surface area contributed by atoms with Gasteiger partial charge in [0.1, 0.15) is 0 Å². The third-order valence-electron chi connectivity index (χ3n) is 4.56. The topological polar surface area (TPSA) is 92.8 Å². The third-order valence-corrected chi connectivity index (χ3v) is 4.56. The summed E-state index contributed by atoms with van der Waals surface area (Å²) in [5.74, 6) is -0.649. The Kier molecular flexibility index (Phi) is 4.34. The fourth-order valence-electron chi connectivity index (χ4n) is 3.01. The van der Waals surface area contributed by atoms with Crippen molar-refractivity contribution in [1.82, 2.24) is 4.57 Å². The van der Waals surface area contributed by atoms with Crippen LogP contribution in [0.25, 0.3) is 11.1 Å². The molecule has 1 atom stereocenters. The number of carboxylic acid groups (broad SMARTS) is 1. The standard InChI is InChI=1S/C20H16N2O5/c1-4-17(23)22(20(2,18(24)25)13-8-6-5-7-9-13)14-10-11-16-15(12-14)21(3)19(26)27-16/h1,5-12H,2-3H3,(H,24,25). The van der Waals surface area contributed by atoms with Gasteiger partial charge in [0.25, 0.3) is 0 Å². The molecule has 1 aromatic heterocycles. The van der Waals surface area contributed by atoms with Gasteiger partial charge in [-0.3, -0.25) is 14.3 Å². The summed E-state index contributed by atoms with van der Waals surface area (Å²) in [6.07, 6.45) is 5.32. The minimum absolute atomic E-state index is 0.232. The Morgan fingerprint density at radius 3 is 2.48 bits per heavy atom. The second-order valence-electron chi connectivity index (χ2n) is 6.11. The molecule has 3 rings (SSSR count). The number of aliphatic carboxylic acids is 1. The first-order valence-corrected chi connectivity index (χ1v) is 8.00. The van der Waals surface area contributed by atoms with Crippen molar-refractivity contribution in [1.29, 1.82) is 0 Å². The fraction of sp³-hybridized carbons (Fsp3) is 0.150. The summed E-state index contributed by atoms with van der Waals surface area (Å²) in [6.45, 7) is 1.40. The van der Waals surface area contributed by atoms with Crippen LogP contribution in [0.15, 0.2) is 57.7 Å². The number of carboxylic acids is 1. The fourth-order valence-corrected chi connectivity index (χ4v) is 3.01. The summed E-state index contributed by atoms with van der Waals surface area (Å²) in [5, 5.41) is 10.00. The first-order valence-electron chi connectivity index (χ1n) is 8.00. The first-order chi connectivity index (χ1) is 12.8. The Hall–Kier alpha value is -3.79. The average molecular weight is 364 g/mol. The summed E-state index contributed by atoms with van der Waals surface area (Å²) >= 11 is 0. The summed E-state index contributed by atoms with van der Waals surface area (Å²) in [6, 6.07) is 12.8. The van der Waals surface area contributed by atoms with Crippen LogP contribution in [0.2, 0.25) is 0 Å². The van der Waals surface area contributed by atoms with Gasteiger partial charge in [-0.25, -0.2) is 9.59 Å². The number of rotatable bonds is 4. The molecule has 136 valence electrons. The Morgan fingerprint density at radius 1 is 1.22 bits per heavy atom. The summed E-state index contributed by atoms with van der Waals surface area (Å²) in [4.78, 5) is 37.6. The third kappa shape index (κ3) is 2.77. The molecule has 0 saturated heterocycles. The molecule has 7 nitrogen and oxygen atoms in total. The highest BCUT2D eigenvalue weighted by molar-refractivity contribution is 6.10. The number of aromatic nitrogens is 1. The molecule has 0 spiro atoms. The van der Waals surface area contributed by atoms with Crippen molar-refractivity contribution >= 4 is 28.7 Å². The van der Waals surface area contributed by atoms with Gasteiger partial charge in [0, 0.05) is 12.7 Å². The molecule has 2 aromatic carbocycles. The highest BCUT2D eigenvalue weighted by Crippen LogP contribution is 2.35. The van der Waals surface area contributed by atoms with E-state index in [-0.39, 0.29) is 5.69 Å². The van der Waals surface area contributed by atoms with E-state index in [4.69, 9.17) is 10.8 Å². The van der Waals surface area contributed by atoms with Crippen LogP contribution in [-0.4, -0.2) is 21.6 Å². The van der Waals surface area contributed by atoms with Gasteiger partial charge in [-0.2, -0.15) is 0 Å². The van der Waals surface area contributed by atoms with Crippen LogP contribution in [0.4, 0.5) is 5.69 Å². The molecule has 1 heterocycles. The summed E-state index contributed by atoms with van der Waals surface area (Å²) in [5.41, 5.74) is -0.428. The molecule has 0 aliphatic heterocycles. The van der Waals surface area contributed by atoms with E-state index >= 15 is 0 Å². The number of nitrogens with zero attached hydrogens (tertiary/aromatic N) is 2. The highest BCUT2D eigenvalue weighted by Gasteiger charge is 2.45. The maximum Gasteiger partial charge on any atom is 0.419 e. The van der Waals surface area contributed by atoms with Gasteiger partial charge in [-0.05, 0) is 36.6 Å². The summed E-state index contributed by atoms with van der Waals surface area (Å²) in [7, 11) is 1.51. The molecule has 0 fully saturated rings. The molecule has 27 heavy (non-hydrogen) atoms. The van der Waals surface area contributed by atoms with Crippen LogP contribution in [0.1, 0.15) is 12.5 Å². The Bertz CT molecular complexity index is 1140. The van der Waals surface area contributed by atoms with Crippen LogP contribution in [0.5, 0.6) is 0 Å². The van der Waals surface area contributed by atoms with Crippen LogP contribution < -0.4 is 10.7 Å². The van der Waals surface area contributed by atoms with E-state index in [2.05, 4.69) is 0 Å². The number of amides is 1. The van der Waals surface area contributed by atoms with E-state index in [0.717, 1.165) is 4.90 Å². The second-order valence-corrected chi connectivity index (χ2v) is 6.11. The normalized spacial score (nSPS) is 12.9. The van der Waals surface area contributed by atoms with Crippen molar-refractivity contribution in [3.8, 4) is 12.3 Å². The maximum atomic E-state index is 12.6. The maximum absolute atomic E-state index is 12.6. The number of hydrogen-bond acceptors (Lipinski definition) is 4. The minimum atomic E-state index is -1.76. The number of terminal acetylenes is 1. The van der Waals surface area contributed by atoms with Crippen molar-refractivity contribution in [3.05, 3.63) is 64.6 Å². The predicted molar refractivity (Wildman–Crippen MR) is 99.2 cm³/mol. The largest absolute Gasteiger partial charge is 0.479 e. The van der Waals surface area contributed by atoms with Gasteiger partial charge in [-0.1, -0.05) is 30.3 Å². The molecular weight excluding hydrogens is 348 g/mol. The Balaban J connectivity index is 2.30. The van der Waals surface area contributed by atoms with E-state index in [0.29, 0.717) is 16.7 Å². The summed E-state index contributed by atoms with van der Waals surface area (Å²) < 4.78 is 6.35. The van der Waals surface area contributed by atoms with E-state index in [1.807, 2.05) is 5.92 Å². The lowest BCUT2D eigenvalue weighted by Gasteiger charge is -2.37. The number of carbonyl (C=O) groups excluding carboxylic acids is 1. The van der Waals surface area contributed by atoms with Crippen LogP contribution >= 0.6 is 0 Å². The molecular formula is C20H16N2O5. The quantitative estimate of drug-likeness (QED) is 0.716.